The van der Waals surface area contributed by atoms with Crippen LogP contribution >= 0.6 is 48.0 Å². The zero-order chi connectivity index (χ0) is 24.1. The van der Waals surface area contributed by atoms with Gasteiger partial charge in [-0.05, 0) is 54.0 Å². The Kier molecular flexibility index (Phi) is 9.90. The Morgan fingerprint density at radius 1 is 1.24 bits per heavy atom. The molecule has 2 aromatic rings. The van der Waals surface area contributed by atoms with E-state index in [9.17, 15) is 14.4 Å². The number of ether oxygens (including phenoxy) is 2. The molecule has 0 spiro atoms. The molecule has 0 aliphatic carbocycles. The van der Waals surface area contributed by atoms with Gasteiger partial charge in [0.2, 0.25) is 0 Å². The van der Waals surface area contributed by atoms with Gasteiger partial charge in [0.1, 0.15) is 28.4 Å². The Morgan fingerprint density at radius 2 is 1.88 bits per heavy atom. The van der Waals surface area contributed by atoms with Crippen LogP contribution in [0.2, 0.25) is 5.02 Å². The van der Waals surface area contributed by atoms with Gasteiger partial charge in [-0.25, -0.2) is 0 Å². The van der Waals surface area contributed by atoms with Gasteiger partial charge in [0.05, 0.1) is 17.0 Å². The number of thiocarbonyl (C=S) groups is 1. The van der Waals surface area contributed by atoms with Crippen LogP contribution in [0.4, 0.5) is 0 Å². The van der Waals surface area contributed by atoms with Crippen molar-refractivity contribution in [1.82, 2.24) is 4.90 Å². The first-order chi connectivity index (χ1) is 15.7. The molecule has 180 valence electrons. The highest BCUT2D eigenvalue weighted by molar-refractivity contribution is 8.26. The molecule has 3 rings (SSSR count). The molecule has 1 fully saturated rings. The van der Waals surface area contributed by atoms with Gasteiger partial charge in [-0.1, -0.05) is 47.7 Å². The summed E-state index contributed by atoms with van der Waals surface area (Å²) in [6, 6.07) is 11.3. The fourth-order valence-electron chi connectivity index (χ4n) is 2.92. The highest BCUT2D eigenvalue weighted by Gasteiger charge is 2.33. The highest BCUT2D eigenvalue weighted by Crippen LogP contribution is 2.35. The highest BCUT2D eigenvalue weighted by atomic mass is 35.5. The predicted molar refractivity (Wildman–Crippen MR) is 136 cm³/mol. The fourth-order valence-corrected chi connectivity index (χ4v) is 4.39. The van der Waals surface area contributed by atoms with Gasteiger partial charge >= 0.3 is 11.9 Å². The number of benzene rings is 2. The lowest BCUT2D eigenvalue weighted by Crippen LogP contribution is -2.33. The third kappa shape index (κ3) is 6.94. The molecule has 3 N–H and O–H groups in total. The summed E-state index contributed by atoms with van der Waals surface area (Å²) < 4.78 is 10.6. The minimum atomic E-state index is -1.15. The van der Waals surface area contributed by atoms with Gasteiger partial charge in [-0.2, -0.15) is 0 Å². The van der Waals surface area contributed by atoms with Crippen molar-refractivity contribution < 1.29 is 29.0 Å². The first-order valence-electron chi connectivity index (χ1n) is 9.55. The van der Waals surface area contributed by atoms with E-state index in [-0.39, 0.29) is 21.6 Å². The molecular formula is C22H20Cl2N2O6S2. The molecule has 1 saturated heterocycles. The van der Waals surface area contributed by atoms with Crippen molar-refractivity contribution in [2.75, 3.05) is 13.7 Å². The van der Waals surface area contributed by atoms with Crippen LogP contribution in [-0.2, 0) is 25.5 Å². The lowest BCUT2D eigenvalue weighted by atomic mass is 10.1. The molecule has 8 nitrogen and oxygen atoms in total. The number of nitrogens with zero attached hydrogens (tertiary/aromatic N) is 1. The van der Waals surface area contributed by atoms with Crippen molar-refractivity contribution in [3.8, 4) is 11.5 Å². The summed E-state index contributed by atoms with van der Waals surface area (Å²) >= 11 is 12.5. The van der Waals surface area contributed by atoms with Gasteiger partial charge in [0, 0.05) is 0 Å². The molecule has 0 saturated carbocycles. The van der Waals surface area contributed by atoms with Crippen LogP contribution in [0.5, 0.6) is 11.5 Å². The van der Waals surface area contributed by atoms with Gasteiger partial charge in [-0.3, -0.25) is 19.3 Å². The summed E-state index contributed by atoms with van der Waals surface area (Å²) in [5.74, 6) is -1.06. The lowest BCUT2D eigenvalue weighted by Gasteiger charge is -2.11. The minimum Gasteiger partial charge on any atom is -0.480 e. The van der Waals surface area contributed by atoms with Crippen molar-refractivity contribution in [3.05, 3.63) is 63.5 Å². The number of amides is 1. The van der Waals surface area contributed by atoms with Crippen LogP contribution < -0.4 is 10.5 Å². The molecule has 1 aliphatic heterocycles. The maximum atomic E-state index is 12.4. The first-order valence-corrected chi connectivity index (χ1v) is 11.1. The predicted octanol–water partition coefficient (Wildman–Crippen LogP) is 3.88. The quantitative estimate of drug-likeness (QED) is 0.290. The molecule has 2 aromatic carbocycles. The maximum absolute atomic E-state index is 12.4. The lowest BCUT2D eigenvalue weighted by molar-refractivity contribution is -0.142. The molecule has 34 heavy (non-hydrogen) atoms. The molecule has 1 heterocycles. The SMILES string of the molecule is COC(=O)[C@@H](N)Cc1ccc(Oc2ccc(C=C3SC(=S)N(CC(=O)O)C3=O)c(Cl)c2)cc1.Cl. The number of methoxy groups -OCH3 is 1. The third-order valence-electron chi connectivity index (χ3n) is 4.54. The first kappa shape index (κ1) is 27.6. The zero-order valence-electron chi connectivity index (χ0n) is 17.7. The van der Waals surface area contributed by atoms with Gasteiger partial charge in [0.15, 0.2) is 0 Å². The number of halogens is 2. The molecule has 1 atom stereocenters. The number of hydrogen-bond acceptors (Lipinski definition) is 8. The Hall–Kier alpha value is -2.63. The van der Waals surface area contributed by atoms with Crippen molar-refractivity contribution in [2.45, 2.75) is 12.5 Å². The van der Waals surface area contributed by atoms with Gasteiger partial charge < -0.3 is 20.3 Å². The normalized spacial score (nSPS) is 15.1. The smallest absolute Gasteiger partial charge is 0.323 e. The van der Waals surface area contributed by atoms with Crippen molar-refractivity contribution in [2.24, 2.45) is 5.73 Å². The summed E-state index contributed by atoms with van der Waals surface area (Å²) in [5.41, 5.74) is 7.19. The Labute approximate surface area is 216 Å². The minimum absolute atomic E-state index is 0. The topological polar surface area (TPSA) is 119 Å². The van der Waals surface area contributed by atoms with Crippen LogP contribution in [0.3, 0.4) is 0 Å². The summed E-state index contributed by atoms with van der Waals surface area (Å²) in [4.78, 5) is 36.1. The Morgan fingerprint density at radius 3 is 2.47 bits per heavy atom. The Bertz CT molecular complexity index is 1140. The standard InChI is InChI=1S/C22H19ClN2O6S2.ClH/c1-30-21(29)17(24)8-12-2-5-14(6-3-12)31-15-7-4-13(16(23)10-15)9-18-20(28)25(11-19(26)27)22(32)33-18;/h2-7,9-10,17H,8,11,24H2,1H3,(H,26,27);1H/t17-;/m0./s1. The molecule has 1 amide bonds. The van der Waals surface area contributed by atoms with Crippen molar-refractivity contribution in [1.29, 1.82) is 0 Å². The second-order valence-electron chi connectivity index (χ2n) is 6.92. The number of nitrogens with two attached hydrogens (primary N) is 1. The third-order valence-corrected chi connectivity index (χ3v) is 6.25. The van der Waals surface area contributed by atoms with Crippen LogP contribution in [0, 0.1) is 0 Å². The number of carbonyl (C=O) groups excluding carboxylic acids is 2. The Balaban J connectivity index is 0.00000408. The van der Waals surface area contributed by atoms with E-state index in [0.29, 0.717) is 28.5 Å². The fraction of sp³-hybridized carbons (Fsp3) is 0.182. The van der Waals surface area contributed by atoms with E-state index >= 15 is 0 Å². The van der Waals surface area contributed by atoms with E-state index in [4.69, 9.17) is 39.4 Å². The largest absolute Gasteiger partial charge is 0.480 e. The number of carboxylic acids is 1. The van der Waals surface area contributed by atoms with E-state index in [1.807, 2.05) is 0 Å². The molecule has 0 bridgehead atoms. The van der Waals surface area contributed by atoms with E-state index in [1.165, 1.54) is 7.11 Å². The van der Waals surface area contributed by atoms with Gasteiger partial charge in [0.25, 0.3) is 5.91 Å². The van der Waals surface area contributed by atoms with Crippen LogP contribution in [-0.4, -0.2) is 51.9 Å². The average Bonchev–Trinajstić information content (AvgIpc) is 3.03. The molecule has 0 unspecified atom stereocenters. The molecular weight excluding hydrogens is 523 g/mol. The molecule has 12 heteroatoms. The summed E-state index contributed by atoms with van der Waals surface area (Å²) in [5, 5.41) is 9.27. The maximum Gasteiger partial charge on any atom is 0.323 e. The number of carboxylic acid groups (broad SMARTS) is 1. The summed E-state index contributed by atoms with van der Waals surface area (Å²) in [6.07, 6.45) is 1.90. The number of rotatable bonds is 8. The molecule has 1 aliphatic rings. The number of thioether (sulfide) groups is 1. The van der Waals surface area contributed by atoms with Crippen molar-refractivity contribution in [3.63, 3.8) is 0 Å². The van der Waals surface area contributed by atoms with E-state index in [2.05, 4.69) is 4.74 Å². The number of aliphatic carboxylic acids is 1. The van der Waals surface area contributed by atoms with Crippen LogP contribution in [0.25, 0.3) is 6.08 Å². The number of carbonyl (C=O) groups is 3. The zero-order valence-corrected chi connectivity index (χ0v) is 20.9. The average molecular weight is 543 g/mol. The van der Waals surface area contributed by atoms with Gasteiger partial charge in [-0.15, -0.1) is 12.4 Å². The second kappa shape index (κ2) is 12.2. The summed E-state index contributed by atoms with van der Waals surface area (Å²) in [7, 11) is 1.29. The van der Waals surface area contributed by atoms with Crippen molar-refractivity contribution >= 4 is 76.2 Å². The number of esters is 1. The molecule has 0 radical (unpaired) electrons. The van der Waals surface area contributed by atoms with Crippen LogP contribution in [0.1, 0.15) is 11.1 Å². The second-order valence-corrected chi connectivity index (χ2v) is 9.01. The molecule has 0 aromatic heterocycles. The van der Waals surface area contributed by atoms with E-state index in [1.54, 1.807) is 48.5 Å². The monoisotopic (exact) mass is 542 g/mol. The number of hydrogen-bond donors (Lipinski definition) is 2. The van der Waals surface area contributed by atoms with Crippen LogP contribution in [0.15, 0.2) is 47.4 Å². The van der Waals surface area contributed by atoms with E-state index < -0.39 is 30.4 Å². The summed E-state index contributed by atoms with van der Waals surface area (Å²) in [6.45, 7) is -0.490. The van der Waals surface area contributed by atoms with E-state index in [0.717, 1.165) is 22.2 Å².